The lowest BCUT2D eigenvalue weighted by Crippen LogP contribution is -2.65. The van der Waals surface area contributed by atoms with Crippen LogP contribution in [-0.2, 0) is 26.2 Å². The summed E-state index contributed by atoms with van der Waals surface area (Å²) in [5.74, 6) is -1.03. The second-order valence-corrected chi connectivity index (χ2v) is 7.89. The second-order valence-electron chi connectivity index (χ2n) is 5.85. The van der Waals surface area contributed by atoms with Crippen molar-refractivity contribution in [1.29, 1.82) is 0 Å². The van der Waals surface area contributed by atoms with E-state index in [0.29, 0.717) is 13.0 Å². The first-order valence-corrected chi connectivity index (χ1v) is 8.69. The lowest BCUT2D eigenvalue weighted by molar-refractivity contribution is -0.161. The third-order valence-corrected chi connectivity index (χ3v) is 5.99. The highest BCUT2D eigenvalue weighted by Crippen LogP contribution is 2.34. The largest absolute Gasteiger partial charge is 0.481 e. The van der Waals surface area contributed by atoms with Gasteiger partial charge < -0.3 is 9.84 Å². The number of rotatable bonds is 8. The fourth-order valence-corrected chi connectivity index (χ4v) is 4.14. The minimum absolute atomic E-state index is 0.00207. The molecule has 0 unspecified atom stereocenters. The molecular weight excluding hydrogens is 320 g/mol. The fraction of sp³-hybridized carbons (Fsp3) is 0.533. The molecule has 0 bridgehead atoms. The average Bonchev–Trinajstić information content (AvgIpc) is 2.48. The molecule has 0 spiro atoms. The van der Waals surface area contributed by atoms with E-state index < -0.39 is 21.6 Å². The van der Waals surface area contributed by atoms with Crippen molar-refractivity contribution in [2.45, 2.75) is 6.42 Å². The van der Waals surface area contributed by atoms with Gasteiger partial charge in [0.15, 0.2) is 0 Å². The molecule has 1 aliphatic heterocycles. The Bertz CT molecular complexity index is 641. The van der Waals surface area contributed by atoms with E-state index in [1.165, 1.54) is 22.8 Å². The van der Waals surface area contributed by atoms with Crippen molar-refractivity contribution in [1.82, 2.24) is 8.61 Å². The molecule has 0 radical (unpaired) electrons. The van der Waals surface area contributed by atoms with Crippen molar-refractivity contribution in [3.05, 3.63) is 35.9 Å². The third-order valence-electron chi connectivity index (χ3n) is 4.11. The Morgan fingerprint density at radius 3 is 2.48 bits per heavy atom. The van der Waals surface area contributed by atoms with E-state index in [4.69, 9.17) is 4.74 Å². The predicted octanol–water partition coefficient (Wildman–Crippen LogP) is 0.439. The van der Waals surface area contributed by atoms with Gasteiger partial charge in [0, 0.05) is 33.8 Å². The van der Waals surface area contributed by atoms with E-state index in [2.05, 4.69) is 0 Å². The molecule has 0 aromatic heterocycles. The van der Waals surface area contributed by atoms with Crippen LogP contribution < -0.4 is 0 Å². The Morgan fingerprint density at radius 2 is 1.96 bits per heavy atom. The molecule has 1 N–H and O–H groups in total. The van der Waals surface area contributed by atoms with Gasteiger partial charge in [0.2, 0.25) is 0 Å². The van der Waals surface area contributed by atoms with E-state index in [9.17, 15) is 18.3 Å². The molecule has 0 amide bonds. The number of methoxy groups -OCH3 is 1. The van der Waals surface area contributed by atoms with Crippen molar-refractivity contribution >= 4 is 16.2 Å². The molecule has 1 heterocycles. The normalized spacial score (nSPS) is 17.9. The van der Waals surface area contributed by atoms with Crippen molar-refractivity contribution in [3.8, 4) is 0 Å². The maximum Gasteiger partial charge on any atom is 0.314 e. The van der Waals surface area contributed by atoms with Crippen LogP contribution in [0.4, 0.5) is 0 Å². The molecule has 23 heavy (non-hydrogen) atoms. The molecule has 7 nitrogen and oxygen atoms in total. The van der Waals surface area contributed by atoms with Crippen molar-refractivity contribution < 1.29 is 23.1 Å². The summed E-state index contributed by atoms with van der Waals surface area (Å²) in [5.41, 5.74) is -0.0836. The minimum atomic E-state index is -3.65. The molecule has 1 saturated heterocycles. The van der Waals surface area contributed by atoms with Gasteiger partial charge >= 0.3 is 5.97 Å². The minimum Gasteiger partial charge on any atom is -0.481 e. The van der Waals surface area contributed by atoms with Crippen LogP contribution in [0, 0.1) is 5.41 Å². The summed E-state index contributed by atoms with van der Waals surface area (Å²) in [7, 11) is -0.728. The Balaban J connectivity index is 1.95. The molecule has 128 valence electrons. The zero-order valence-electron chi connectivity index (χ0n) is 13.3. The first kappa shape index (κ1) is 17.9. The van der Waals surface area contributed by atoms with Crippen LogP contribution in [0.15, 0.2) is 30.3 Å². The summed E-state index contributed by atoms with van der Waals surface area (Å²) in [5, 5.41) is 9.27. The first-order valence-electron chi connectivity index (χ1n) is 7.29. The molecule has 8 heteroatoms. The summed E-state index contributed by atoms with van der Waals surface area (Å²) >= 11 is 0. The van der Waals surface area contributed by atoms with Gasteiger partial charge in [0.05, 0.1) is 6.61 Å². The molecule has 0 aliphatic carbocycles. The van der Waals surface area contributed by atoms with E-state index in [1.54, 1.807) is 0 Å². The zero-order valence-corrected chi connectivity index (χ0v) is 14.1. The van der Waals surface area contributed by atoms with Gasteiger partial charge in [-0.2, -0.15) is 17.0 Å². The van der Waals surface area contributed by atoms with E-state index >= 15 is 0 Å². The van der Waals surface area contributed by atoms with Gasteiger partial charge in [-0.25, -0.2) is 0 Å². The number of aliphatic carboxylic acids is 1. The van der Waals surface area contributed by atoms with E-state index in [-0.39, 0.29) is 19.7 Å². The molecular formula is C15H22N2O5S. The van der Waals surface area contributed by atoms with Gasteiger partial charge in [-0.3, -0.25) is 4.79 Å². The van der Waals surface area contributed by atoms with Crippen LogP contribution >= 0.6 is 0 Å². The van der Waals surface area contributed by atoms with Crippen LogP contribution in [-0.4, -0.2) is 68.5 Å². The summed E-state index contributed by atoms with van der Waals surface area (Å²) < 4.78 is 32.3. The van der Waals surface area contributed by atoms with Crippen molar-refractivity contribution in [2.75, 3.05) is 40.4 Å². The van der Waals surface area contributed by atoms with Gasteiger partial charge in [-0.1, -0.05) is 30.3 Å². The lowest BCUT2D eigenvalue weighted by atomic mass is 9.83. The molecule has 1 fully saturated rings. The lowest BCUT2D eigenvalue weighted by Gasteiger charge is -2.46. The number of benzene rings is 1. The standard InChI is InChI=1S/C15H22N2O5S/c1-16(9-8-13-6-4-3-5-7-13)23(20,21)17-10-15(11-17,12-22-2)14(18)19/h3-7H,8-12H2,1-2H3,(H,18,19). The highest BCUT2D eigenvalue weighted by molar-refractivity contribution is 7.86. The first-order chi connectivity index (χ1) is 10.8. The molecule has 1 aliphatic rings. The quantitative estimate of drug-likeness (QED) is 0.741. The van der Waals surface area contributed by atoms with Gasteiger partial charge in [0.1, 0.15) is 5.41 Å². The van der Waals surface area contributed by atoms with E-state index in [1.807, 2.05) is 30.3 Å². The number of hydrogen-bond acceptors (Lipinski definition) is 4. The van der Waals surface area contributed by atoms with Crippen molar-refractivity contribution in [2.24, 2.45) is 5.41 Å². The highest BCUT2D eigenvalue weighted by Gasteiger charge is 2.54. The Morgan fingerprint density at radius 1 is 1.35 bits per heavy atom. The Kier molecular flexibility index (Phi) is 5.41. The zero-order chi connectivity index (χ0) is 17.1. The number of nitrogens with zero attached hydrogens (tertiary/aromatic N) is 2. The van der Waals surface area contributed by atoms with Crippen LogP contribution in [0.25, 0.3) is 0 Å². The number of hydrogen-bond donors (Lipinski definition) is 1. The molecule has 0 atom stereocenters. The maximum absolute atomic E-state index is 12.5. The van der Waals surface area contributed by atoms with E-state index in [0.717, 1.165) is 5.56 Å². The second kappa shape index (κ2) is 6.96. The summed E-state index contributed by atoms with van der Waals surface area (Å²) in [6, 6.07) is 9.61. The number of ether oxygens (including phenoxy) is 1. The predicted molar refractivity (Wildman–Crippen MR) is 85.2 cm³/mol. The maximum atomic E-state index is 12.5. The van der Waals surface area contributed by atoms with Gasteiger partial charge in [-0.15, -0.1) is 0 Å². The SMILES string of the molecule is COCC1(C(=O)O)CN(S(=O)(=O)N(C)CCc2ccccc2)C1. The highest BCUT2D eigenvalue weighted by atomic mass is 32.2. The number of carboxylic acids is 1. The summed E-state index contributed by atoms with van der Waals surface area (Å²) in [6.45, 7) is 0.220. The van der Waals surface area contributed by atoms with Crippen LogP contribution in [0.5, 0.6) is 0 Å². The van der Waals surface area contributed by atoms with Crippen LogP contribution in [0.2, 0.25) is 0 Å². The molecule has 1 aromatic carbocycles. The molecule has 2 rings (SSSR count). The van der Waals surface area contributed by atoms with Crippen molar-refractivity contribution in [3.63, 3.8) is 0 Å². The van der Waals surface area contributed by atoms with Gasteiger partial charge in [-0.05, 0) is 12.0 Å². The fourth-order valence-electron chi connectivity index (χ4n) is 2.60. The van der Waals surface area contributed by atoms with Gasteiger partial charge in [0.25, 0.3) is 10.2 Å². The van der Waals surface area contributed by atoms with Crippen LogP contribution in [0.3, 0.4) is 0 Å². The Hall–Kier alpha value is -1.48. The number of carboxylic acid groups (broad SMARTS) is 1. The van der Waals surface area contributed by atoms with Crippen LogP contribution in [0.1, 0.15) is 5.56 Å². The topological polar surface area (TPSA) is 87.1 Å². The smallest absolute Gasteiger partial charge is 0.314 e. The number of carbonyl (C=O) groups is 1. The average molecular weight is 342 g/mol. The summed E-state index contributed by atoms with van der Waals surface area (Å²) in [4.78, 5) is 11.3. The summed E-state index contributed by atoms with van der Waals surface area (Å²) in [6.07, 6.45) is 0.604. The molecule has 0 saturated carbocycles. The Labute approximate surface area is 136 Å². The molecule has 1 aromatic rings. The third kappa shape index (κ3) is 3.72. The number of likely N-dealkylation sites (N-methyl/N-ethyl adjacent to an activating group) is 1. The monoisotopic (exact) mass is 342 g/mol.